The molecule has 0 fully saturated rings. The second-order valence-electron chi connectivity index (χ2n) is 4.42. The normalized spacial score (nSPS) is 10.6. The Morgan fingerprint density at radius 1 is 1.29 bits per heavy atom. The third kappa shape index (κ3) is 2.55. The first kappa shape index (κ1) is 13.5. The van der Waals surface area contributed by atoms with Crippen LogP contribution >= 0.6 is 11.6 Å². The standard InChI is InChI=1S/C15H12ClN3O2/c1-21-13-8-9(16)6-7-11(13)15(20)17-14-10-4-2-3-5-12(10)18-19-14/h2-8H,1H3,(H2,17,18,19,20). The van der Waals surface area contributed by atoms with Crippen LogP contribution < -0.4 is 10.1 Å². The molecule has 21 heavy (non-hydrogen) atoms. The zero-order valence-corrected chi connectivity index (χ0v) is 11.9. The molecule has 0 saturated carbocycles. The molecule has 1 heterocycles. The van der Waals surface area contributed by atoms with Crippen LogP contribution in [0.3, 0.4) is 0 Å². The molecule has 1 amide bonds. The van der Waals surface area contributed by atoms with E-state index in [4.69, 9.17) is 16.3 Å². The van der Waals surface area contributed by atoms with Crippen LogP contribution in [0.25, 0.3) is 10.9 Å². The minimum absolute atomic E-state index is 0.305. The molecule has 2 N–H and O–H groups in total. The Morgan fingerprint density at radius 3 is 2.90 bits per heavy atom. The number of para-hydroxylation sites is 1. The summed E-state index contributed by atoms with van der Waals surface area (Å²) in [6.07, 6.45) is 0. The number of H-pyrrole nitrogens is 1. The number of nitrogens with zero attached hydrogens (tertiary/aromatic N) is 1. The van der Waals surface area contributed by atoms with E-state index in [0.717, 1.165) is 10.9 Å². The number of fused-ring (bicyclic) bond motifs is 1. The van der Waals surface area contributed by atoms with Crippen molar-refractivity contribution in [1.82, 2.24) is 10.2 Å². The molecule has 0 aliphatic carbocycles. The van der Waals surface area contributed by atoms with Crippen LogP contribution in [-0.2, 0) is 0 Å². The number of halogens is 1. The first-order valence-electron chi connectivity index (χ1n) is 6.27. The van der Waals surface area contributed by atoms with E-state index in [2.05, 4.69) is 15.5 Å². The van der Waals surface area contributed by atoms with Crippen LogP contribution in [-0.4, -0.2) is 23.2 Å². The molecule has 106 valence electrons. The highest BCUT2D eigenvalue weighted by atomic mass is 35.5. The van der Waals surface area contributed by atoms with Crippen molar-refractivity contribution in [1.29, 1.82) is 0 Å². The molecule has 0 saturated heterocycles. The largest absolute Gasteiger partial charge is 0.496 e. The second-order valence-corrected chi connectivity index (χ2v) is 4.85. The van der Waals surface area contributed by atoms with E-state index in [1.807, 2.05) is 24.3 Å². The van der Waals surface area contributed by atoms with Crippen molar-refractivity contribution in [2.75, 3.05) is 12.4 Å². The highest BCUT2D eigenvalue weighted by Gasteiger charge is 2.15. The molecular weight excluding hydrogens is 290 g/mol. The van der Waals surface area contributed by atoms with E-state index in [0.29, 0.717) is 22.2 Å². The van der Waals surface area contributed by atoms with Gasteiger partial charge in [0.05, 0.1) is 18.2 Å². The monoisotopic (exact) mass is 301 g/mol. The van der Waals surface area contributed by atoms with Gasteiger partial charge in [0.15, 0.2) is 5.82 Å². The van der Waals surface area contributed by atoms with Gasteiger partial charge in [0, 0.05) is 10.4 Å². The molecule has 3 rings (SSSR count). The van der Waals surface area contributed by atoms with E-state index >= 15 is 0 Å². The lowest BCUT2D eigenvalue weighted by molar-refractivity contribution is 0.102. The summed E-state index contributed by atoms with van der Waals surface area (Å²) in [7, 11) is 1.49. The van der Waals surface area contributed by atoms with E-state index in [9.17, 15) is 4.79 Å². The summed E-state index contributed by atoms with van der Waals surface area (Å²) in [5, 5.41) is 11.1. The number of hydrogen-bond donors (Lipinski definition) is 2. The topological polar surface area (TPSA) is 67.0 Å². The van der Waals surface area contributed by atoms with Crippen LogP contribution in [0.4, 0.5) is 5.82 Å². The molecule has 1 aromatic heterocycles. The van der Waals surface area contributed by atoms with E-state index < -0.39 is 0 Å². The van der Waals surface area contributed by atoms with E-state index in [-0.39, 0.29) is 5.91 Å². The molecule has 3 aromatic rings. The summed E-state index contributed by atoms with van der Waals surface area (Å²) < 4.78 is 5.18. The van der Waals surface area contributed by atoms with Crippen LogP contribution in [0.5, 0.6) is 5.75 Å². The number of ether oxygens (including phenoxy) is 1. The lowest BCUT2D eigenvalue weighted by Gasteiger charge is -2.08. The fraction of sp³-hybridized carbons (Fsp3) is 0.0667. The molecule has 0 bridgehead atoms. The molecule has 0 radical (unpaired) electrons. The number of carbonyl (C=O) groups is 1. The van der Waals surface area contributed by atoms with Crippen LogP contribution in [0.1, 0.15) is 10.4 Å². The lowest BCUT2D eigenvalue weighted by Crippen LogP contribution is -2.13. The van der Waals surface area contributed by atoms with E-state index in [1.165, 1.54) is 7.11 Å². The Bertz CT molecular complexity index is 814. The van der Waals surface area contributed by atoms with Gasteiger partial charge >= 0.3 is 0 Å². The number of aromatic amines is 1. The number of amides is 1. The number of rotatable bonds is 3. The molecule has 0 aliphatic rings. The lowest BCUT2D eigenvalue weighted by atomic mass is 10.2. The Balaban J connectivity index is 1.93. The number of aromatic nitrogens is 2. The van der Waals surface area contributed by atoms with Crippen molar-refractivity contribution in [3.63, 3.8) is 0 Å². The Labute approximate surface area is 125 Å². The predicted molar refractivity (Wildman–Crippen MR) is 82.1 cm³/mol. The highest BCUT2D eigenvalue weighted by Crippen LogP contribution is 2.25. The second kappa shape index (κ2) is 5.46. The first-order valence-corrected chi connectivity index (χ1v) is 6.65. The number of hydrogen-bond acceptors (Lipinski definition) is 3. The summed E-state index contributed by atoms with van der Waals surface area (Å²) in [5.74, 6) is 0.591. The summed E-state index contributed by atoms with van der Waals surface area (Å²) in [6.45, 7) is 0. The van der Waals surface area contributed by atoms with Gasteiger partial charge in [-0.2, -0.15) is 5.10 Å². The van der Waals surface area contributed by atoms with Crippen molar-refractivity contribution in [2.24, 2.45) is 0 Å². The molecule has 5 nitrogen and oxygen atoms in total. The molecule has 0 atom stereocenters. The minimum Gasteiger partial charge on any atom is -0.496 e. The third-order valence-corrected chi connectivity index (χ3v) is 3.35. The first-order chi connectivity index (χ1) is 10.2. The van der Waals surface area contributed by atoms with Gasteiger partial charge in [-0.05, 0) is 30.3 Å². The maximum Gasteiger partial charge on any atom is 0.260 e. The molecular formula is C15H12ClN3O2. The average molecular weight is 302 g/mol. The molecule has 6 heteroatoms. The molecule has 2 aromatic carbocycles. The quantitative estimate of drug-likeness (QED) is 0.778. The van der Waals surface area contributed by atoms with Crippen molar-refractivity contribution in [3.05, 3.63) is 53.1 Å². The number of anilines is 1. The number of methoxy groups -OCH3 is 1. The van der Waals surface area contributed by atoms with Crippen LogP contribution in [0.2, 0.25) is 5.02 Å². The smallest absolute Gasteiger partial charge is 0.260 e. The fourth-order valence-corrected chi connectivity index (χ4v) is 2.25. The Kier molecular flexibility index (Phi) is 3.50. The Hall–Kier alpha value is -2.53. The van der Waals surface area contributed by atoms with Gasteiger partial charge in [0.2, 0.25) is 0 Å². The molecule has 0 spiro atoms. The van der Waals surface area contributed by atoms with Gasteiger partial charge in [-0.3, -0.25) is 9.89 Å². The molecule has 0 unspecified atom stereocenters. The summed E-state index contributed by atoms with van der Waals surface area (Å²) in [5.41, 5.74) is 1.25. The maximum atomic E-state index is 12.4. The third-order valence-electron chi connectivity index (χ3n) is 3.11. The highest BCUT2D eigenvalue weighted by molar-refractivity contribution is 6.31. The maximum absolute atomic E-state index is 12.4. The van der Waals surface area contributed by atoms with Gasteiger partial charge in [0.1, 0.15) is 5.75 Å². The van der Waals surface area contributed by atoms with Gasteiger partial charge in [0.25, 0.3) is 5.91 Å². The van der Waals surface area contributed by atoms with E-state index in [1.54, 1.807) is 18.2 Å². The van der Waals surface area contributed by atoms with Crippen molar-refractivity contribution in [2.45, 2.75) is 0 Å². The van der Waals surface area contributed by atoms with Crippen molar-refractivity contribution < 1.29 is 9.53 Å². The van der Waals surface area contributed by atoms with Gasteiger partial charge < -0.3 is 10.1 Å². The number of nitrogens with one attached hydrogen (secondary N) is 2. The van der Waals surface area contributed by atoms with Crippen LogP contribution in [0.15, 0.2) is 42.5 Å². The zero-order valence-electron chi connectivity index (χ0n) is 11.2. The van der Waals surface area contributed by atoms with Crippen molar-refractivity contribution >= 4 is 34.2 Å². The van der Waals surface area contributed by atoms with Crippen LogP contribution in [0, 0.1) is 0 Å². The van der Waals surface area contributed by atoms with Crippen molar-refractivity contribution in [3.8, 4) is 5.75 Å². The number of carbonyl (C=O) groups excluding carboxylic acids is 1. The summed E-state index contributed by atoms with van der Waals surface area (Å²) >= 11 is 5.89. The molecule has 0 aliphatic heterocycles. The summed E-state index contributed by atoms with van der Waals surface area (Å²) in [4.78, 5) is 12.4. The van der Waals surface area contributed by atoms with Gasteiger partial charge in [-0.15, -0.1) is 0 Å². The van der Waals surface area contributed by atoms with Gasteiger partial charge in [-0.1, -0.05) is 23.7 Å². The van der Waals surface area contributed by atoms with Gasteiger partial charge in [-0.25, -0.2) is 0 Å². The summed E-state index contributed by atoms with van der Waals surface area (Å²) in [6, 6.07) is 12.4. The SMILES string of the molecule is COc1cc(Cl)ccc1C(=O)Nc1n[nH]c2ccccc12. The Morgan fingerprint density at radius 2 is 2.10 bits per heavy atom. The zero-order chi connectivity index (χ0) is 14.8. The minimum atomic E-state index is -0.305. The predicted octanol–water partition coefficient (Wildman–Crippen LogP) is 3.48. The average Bonchev–Trinajstić information content (AvgIpc) is 2.90. The fourth-order valence-electron chi connectivity index (χ4n) is 2.09. The number of benzene rings is 2.